The summed E-state index contributed by atoms with van der Waals surface area (Å²) in [6, 6.07) is 7.81. The maximum absolute atomic E-state index is 5.53. The van der Waals surface area contributed by atoms with Crippen molar-refractivity contribution in [3.63, 3.8) is 0 Å². The van der Waals surface area contributed by atoms with Crippen LogP contribution in [0, 0.1) is 0 Å². The summed E-state index contributed by atoms with van der Waals surface area (Å²) < 4.78 is 33.0. The molecular weight excluding hydrogens is 613 g/mol. The summed E-state index contributed by atoms with van der Waals surface area (Å²) in [5.74, 6) is 3.70. The van der Waals surface area contributed by atoms with Gasteiger partial charge in [-0.25, -0.2) is 9.97 Å². The van der Waals surface area contributed by atoms with Gasteiger partial charge in [0.15, 0.2) is 23.0 Å². The second-order valence-electron chi connectivity index (χ2n) is 10.7. The van der Waals surface area contributed by atoms with Crippen molar-refractivity contribution in [2.45, 2.75) is 19.3 Å². The van der Waals surface area contributed by atoms with Crippen molar-refractivity contribution in [3.05, 3.63) is 46.4 Å². The average molecular weight is 655 g/mol. The van der Waals surface area contributed by atoms with E-state index in [1.165, 1.54) is 0 Å². The van der Waals surface area contributed by atoms with Gasteiger partial charge < -0.3 is 38.2 Å². The number of thiazole rings is 2. The number of methoxy groups -OCH3 is 6. The van der Waals surface area contributed by atoms with Gasteiger partial charge in [-0.2, -0.15) is 0 Å². The molecule has 0 unspecified atom stereocenters. The first-order chi connectivity index (χ1) is 22.0. The Morgan fingerprint density at radius 1 is 0.556 bits per heavy atom. The summed E-state index contributed by atoms with van der Waals surface area (Å²) in [4.78, 5) is 15.0. The van der Waals surface area contributed by atoms with Gasteiger partial charge in [0.05, 0.1) is 54.0 Å². The van der Waals surface area contributed by atoms with Gasteiger partial charge >= 0.3 is 0 Å². The molecule has 45 heavy (non-hydrogen) atoms. The first-order valence-corrected chi connectivity index (χ1v) is 16.7. The van der Waals surface area contributed by atoms with Crippen molar-refractivity contribution in [2.75, 3.05) is 81.9 Å². The summed E-state index contributed by atoms with van der Waals surface area (Å²) in [5.41, 5.74) is 4.14. The molecule has 3 heterocycles. The molecule has 10 nitrogen and oxygen atoms in total. The fourth-order valence-electron chi connectivity index (χ4n) is 5.53. The number of hydrogen-bond donors (Lipinski definition) is 0. The smallest absolute Gasteiger partial charge is 0.203 e. The van der Waals surface area contributed by atoms with E-state index in [1.54, 1.807) is 65.3 Å². The maximum Gasteiger partial charge on any atom is 0.203 e. The first-order valence-electron chi connectivity index (χ1n) is 14.9. The van der Waals surface area contributed by atoms with Crippen LogP contribution in [0.1, 0.15) is 17.8 Å². The predicted molar refractivity (Wildman–Crippen MR) is 179 cm³/mol. The topological polar surface area (TPSA) is 87.6 Å². The van der Waals surface area contributed by atoms with Gasteiger partial charge in [-0.05, 0) is 43.8 Å². The highest BCUT2D eigenvalue weighted by molar-refractivity contribution is 7.13. The Morgan fingerprint density at radius 2 is 0.933 bits per heavy atom. The molecule has 4 aromatic rings. The van der Waals surface area contributed by atoms with Crippen molar-refractivity contribution in [3.8, 4) is 55.6 Å². The first kappa shape index (κ1) is 32.8. The third-order valence-electron chi connectivity index (χ3n) is 7.98. The van der Waals surface area contributed by atoms with E-state index in [2.05, 4.69) is 20.6 Å². The van der Waals surface area contributed by atoms with Crippen LogP contribution in [0.25, 0.3) is 21.1 Å². The second-order valence-corrected chi connectivity index (χ2v) is 12.4. The summed E-state index contributed by atoms with van der Waals surface area (Å²) in [6.45, 7) is 6.30. The zero-order valence-electron chi connectivity index (χ0n) is 26.9. The monoisotopic (exact) mass is 654 g/mol. The molecule has 0 spiro atoms. The molecule has 1 aliphatic rings. The van der Waals surface area contributed by atoms with Gasteiger partial charge in [0.25, 0.3) is 0 Å². The highest BCUT2D eigenvalue weighted by Gasteiger charge is 2.19. The van der Waals surface area contributed by atoms with Gasteiger partial charge in [0.2, 0.25) is 11.5 Å². The molecule has 242 valence electrons. The lowest BCUT2D eigenvalue weighted by molar-refractivity contribution is 0.259. The Hall–Kier alpha value is -3.58. The predicted octanol–water partition coefficient (Wildman–Crippen LogP) is 5.78. The number of benzene rings is 2. The van der Waals surface area contributed by atoms with E-state index in [-0.39, 0.29) is 0 Å². The van der Waals surface area contributed by atoms with E-state index in [9.17, 15) is 0 Å². The number of aromatic nitrogens is 2. The van der Waals surface area contributed by atoms with Crippen LogP contribution >= 0.6 is 22.7 Å². The number of hydrogen-bond acceptors (Lipinski definition) is 12. The summed E-state index contributed by atoms with van der Waals surface area (Å²) >= 11 is 3.29. The molecule has 0 N–H and O–H groups in total. The molecule has 0 bridgehead atoms. The fraction of sp³-hybridized carbons (Fsp3) is 0.455. The van der Waals surface area contributed by atoms with Crippen LogP contribution in [0.5, 0.6) is 34.5 Å². The molecule has 2 aromatic carbocycles. The van der Waals surface area contributed by atoms with Gasteiger partial charge in [-0.15, -0.1) is 22.7 Å². The highest BCUT2D eigenvalue weighted by atomic mass is 32.1. The van der Waals surface area contributed by atoms with Crippen molar-refractivity contribution in [1.29, 1.82) is 0 Å². The normalized spacial score (nSPS) is 14.2. The van der Waals surface area contributed by atoms with Gasteiger partial charge in [0, 0.05) is 60.9 Å². The van der Waals surface area contributed by atoms with Crippen LogP contribution in [0.3, 0.4) is 0 Å². The number of nitrogens with zero attached hydrogens (tertiary/aromatic N) is 4. The van der Waals surface area contributed by atoms with Gasteiger partial charge in [0.1, 0.15) is 10.0 Å². The van der Waals surface area contributed by atoms with Crippen LogP contribution in [0.4, 0.5) is 0 Å². The van der Waals surface area contributed by atoms with E-state index in [1.807, 2.05) is 24.3 Å². The molecule has 0 radical (unpaired) electrons. The average Bonchev–Trinajstić information content (AvgIpc) is 3.70. The minimum atomic E-state index is 0.586. The Bertz CT molecular complexity index is 1390. The Morgan fingerprint density at radius 3 is 1.27 bits per heavy atom. The zero-order valence-corrected chi connectivity index (χ0v) is 28.5. The third kappa shape index (κ3) is 7.81. The fourth-order valence-corrected chi connectivity index (χ4v) is 7.22. The lowest BCUT2D eigenvalue weighted by Gasteiger charge is -2.21. The van der Waals surface area contributed by atoms with Gasteiger partial charge in [-0.3, -0.25) is 0 Å². The molecule has 1 fully saturated rings. The van der Waals surface area contributed by atoms with E-state index in [0.717, 1.165) is 91.1 Å². The summed E-state index contributed by atoms with van der Waals surface area (Å²) in [5, 5.41) is 6.20. The second kappa shape index (κ2) is 15.6. The third-order valence-corrected chi connectivity index (χ3v) is 9.86. The SMILES string of the molecule is COc1cc(-c2nc(CCN3CCCN(CCc4csc(-c5cc(OC)c(OC)c(OC)c5)n4)CC3)cs2)cc(OC)c1OC. The molecule has 5 rings (SSSR count). The highest BCUT2D eigenvalue weighted by Crippen LogP contribution is 2.43. The largest absolute Gasteiger partial charge is 0.493 e. The quantitative estimate of drug-likeness (QED) is 0.167. The lowest BCUT2D eigenvalue weighted by Crippen LogP contribution is -2.33. The Balaban J connectivity index is 1.12. The van der Waals surface area contributed by atoms with E-state index in [0.29, 0.717) is 34.5 Å². The molecule has 2 aromatic heterocycles. The number of rotatable bonds is 14. The van der Waals surface area contributed by atoms with Crippen LogP contribution in [-0.4, -0.2) is 102 Å². The van der Waals surface area contributed by atoms with Crippen LogP contribution in [-0.2, 0) is 12.8 Å². The minimum absolute atomic E-state index is 0.586. The molecule has 0 amide bonds. The van der Waals surface area contributed by atoms with E-state index >= 15 is 0 Å². The van der Waals surface area contributed by atoms with E-state index in [4.69, 9.17) is 38.4 Å². The summed E-state index contributed by atoms with van der Waals surface area (Å²) in [7, 11) is 9.74. The molecule has 0 saturated carbocycles. The van der Waals surface area contributed by atoms with E-state index < -0.39 is 0 Å². The van der Waals surface area contributed by atoms with Crippen LogP contribution in [0.15, 0.2) is 35.0 Å². The molecule has 1 aliphatic heterocycles. The van der Waals surface area contributed by atoms with Crippen molar-refractivity contribution < 1.29 is 28.4 Å². The van der Waals surface area contributed by atoms with Crippen molar-refractivity contribution in [2.24, 2.45) is 0 Å². The molecule has 12 heteroatoms. The summed E-state index contributed by atoms with van der Waals surface area (Å²) in [6.07, 6.45) is 2.99. The maximum atomic E-state index is 5.53. The molecular formula is C33H42N4O6S2. The minimum Gasteiger partial charge on any atom is -0.493 e. The van der Waals surface area contributed by atoms with Crippen molar-refractivity contribution in [1.82, 2.24) is 19.8 Å². The molecule has 0 aliphatic carbocycles. The Labute approximate surface area is 273 Å². The Kier molecular flexibility index (Phi) is 11.4. The lowest BCUT2D eigenvalue weighted by atomic mass is 10.2. The molecule has 0 atom stereocenters. The van der Waals surface area contributed by atoms with Gasteiger partial charge in [-0.1, -0.05) is 0 Å². The standard InChI is InChI=1S/C33H42N4O6S2/c1-38-26-16-22(17-27(39-2)30(26)42-5)32-34-24(20-44-32)8-12-36-10-7-11-37(15-14-36)13-9-25-21-45-33(35-25)23-18-28(40-3)31(43-6)29(19-23)41-4/h16-21H,7-15H2,1-6H3. The van der Waals surface area contributed by atoms with Crippen molar-refractivity contribution >= 4 is 22.7 Å². The van der Waals surface area contributed by atoms with Crippen LogP contribution < -0.4 is 28.4 Å². The number of ether oxygens (including phenoxy) is 6. The molecule has 1 saturated heterocycles. The van der Waals surface area contributed by atoms with Crippen LogP contribution in [0.2, 0.25) is 0 Å². The zero-order chi connectivity index (χ0) is 31.8.